The Bertz CT molecular complexity index is 243. The van der Waals surface area contributed by atoms with Gasteiger partial charge >= 0.3 is 0 Å². The number of nitrogens with zero attached hydrogens (tertiary/aromatic N) is 1. The van der Waals surface area contributed by atoms with Gasteiger partial charge in [0.15, 0.2) is 0 Å². The molecular weight excluding hydrogens is 214 g/mol. The van der Waals surface area contributed by atoms with Gasteiger partial charge in [0.2, 0.25) is 0 Å². The normalized spacial score (nSPS) is 14.8. The number of hydrogen-bond acceptors (Lipinski definition) is 1. The van der Waals surface area contributed by atoms with E-state index in [1.165, 1.54) is 11.8 Å². The molecule has 12 heavy (non-hydrogen) atoms. The van der Waals surface area contributed by atoms with Crippen LogP contribution in [-0.2, 0) is 0 Å². The number of halogens is 1. The molecule has 0 spiro atoms. The van der Waals surface area contributed by atoms with Gasteiger partial charge in [0.05, 0.1) is 0 Å². The predicted molar refractivity (Wildman–Crippen MR) is 59.7 cm³/mol. The topological polar surface area (TPSA) is 12.4 Å². The molecule has 0 radical (unpaired) electrons. The molecule has 0 aromatic heterocycles. The molecule has 0 rings (SSSR count). The van der Waals surface area contributed by atoms with Gasteiger partial charge in [-0.1, -0.05) is 22.5 Å². The lowest BCUT2D eigenvalue weighted by atomic mass is 10.1. The highest BCUT2D eigenvalue weighted by Gasteiger charge is 1.89. The number of hydrogen-bond donors (Lipinski definition) is 0. The van der Waals surface area contributed by atoms with Gasteiger partial charge < -0.3 is 0 Å². The Kier molecular flexibility index (Phi) is 5.64. The van der Waals surface area contributed by atoms with Crippen molar-refractivity contribution in [1.82, 2.24) is 0 Å². The maximum atomic E-state index is 3.94. The van der Waals surface area contributed by atoms with E-state index in [0.29, 0.717) is 0 Å². The zero-order valence-electron chi connectivity index (χ0n) is 7.76. The maximum Gasteiger partial charge on any atom is 0.0299 e. The van der Waals surface area contributed by atoms with Gasteiger partial charge in [0.25, 0.3) is 0 Å². The zero-order valence-corrected chi connectivity index (χ0v) is 9.35. The fourth-order valence-corrected chi connectivity index (χ4v) is 1.02. The molecule has 0 amide bonds. The Balaban J connectivity index is 4.57. The molecule has 0 unspecified atom stereocenters. The van der Waals surface area contributed by atoms with Gasteiger partial charge in [0, 0.05) is 12.4 Å². The minimum absolute atomic E-state index is 1.12. The van der Waals surface area contributed by atoms with Crippen molar-refractivity contribution in [1.29, 1.82) is 0 Å². The molecule has 0 bridgehead atoms. The highest BCUT2D eigenvalue weighted by atomic mass is 79.9. The SMILES string of the molecule is C=C\N=C/C(C)=C(C)/C=C(\C)Br. The average Bonchev–Trinajstić information content (AvgIpc) is 1.98. The molecule has 0 saturated carbocycles. The Morgan fingerprint density at radius 2 is 1.83 bits per heavy atom. The van der Waals surface area contributed by atoms with E-state index in [0.717, 1.165) is 10.1 Å². The van der Waals surface area contributed by atoms with Crippen molar-refractivity contribution in [2.75, 3.05) is 0 Å². The third-order valence-electron chi connectivity index (χ3n) is 1.41. The van der Waals surface area contributed by atoms with E-state index in [-0.39, 0.29) is 0 Å². The van der Waals surface area contributed by atoms with Crippen LogP contribution in [0.1, 0.15) is 20.8 Å². The van der Waals surface area contributed by atoms with Gasteiger partial charge in [-0.2, -0.15) is 0 Å². The summed E-state index contributed by atoms with van der Waals surface area (Å²) in [6.45, 7) is 9.58. The van der Waals surface area contributed by atoms with Crippen molar-refractivity contribution in [2.24, 2.45) is 4.99 Å². The van der Waals surface area contributed by atoms with Crippen molar-refractivity contribution in [3.63, 3.8) is 0 Å². The molecule has 0 saturated heterocycles. The average molecular weight is 228 g/mol. The quantitative estimate of drug-likeness (QED) is 0.514. The zero-order chi connectivity index (χ0) is 9.56. The molecule has 0 aliphatic heterocycles. The van der Waals surface area contributed by atoms with E-state index in [2.05, 4.69) is 40.5 Å². The highest BCUT2D eigenvalue weighted by Crippen LogP contribution is 2.10. The smallest absolute Gasteiger partial charge is 0.0299 e. The monoisotopic (exact) mass is 227 g/mol. The molecule has 1 nitrogen and oxygen atoms in total. The van der Waals surface area contributed by atoms with Crippen LogP contribution in [0.3, 0.4) is 0 Å². The van der Waals surface area contributed by atoms with Crippen LogP contribution in [0.4, 0.5) is 0 Å². The van der Waals surface area contributed by atoms with Crippen LogP contribution in [0.2, 0.25) is 0 Å². The van der Waals surface area contributed by atoms with Crippen LogP contribution >= 0.6 is 15.9 Å². The molecule has 0 N–H and O–H groups in total. The van der Waals surface area contributed by atoms with Gasteiger partial charge in [0.1, 0.15) is 0 Å². The first-order valence-corrected chi connectivity index (χ1v) is 4.52. The van der Waals surface area contributed by atoms with Crippen LogP contribution in [0, 0.1) is 0 Å². The van der Waals surface area contributed by atoms with E-state index in [9.17, 15) is 0 Å². The molecule has 66 valence electrons. The molecule has 0 atom stereocenters. The van der Waals surface area contributed by atoms with Crippen LogP contribution in [-0.4, -0.2) is 6.21 Å². The van der Waals surface area contributed by atoms with E-state index < -0.39 is 0 Å². The van der Waals surface area contributed by atoms with E-state index in [1.807, 2.05) is 13.8 Å². The molecule has 0 aliphatic rings. The fourth-order valence-electron chi connectivity index (χ4n) is 0.678. The Labute approximate surface area is 82.7 Å². The van der Waals surface area contributed by atoms with E-state index >= 15 is 0 Å². The summed E-state index contributed by atoms with van der Waals surface area (Å²) < 4.78 is 1.12. The van der Waals surface area contributed by atoms with Crippen LogP contribution in [0.25, 0.3) is 0 Å². The van der Waals surface area contributed by atoms with Crippen molar-refractivity contribution in [3.8, 4) is 0 Å². The number of allylic oxidation sites excluding steroid dienone is 4. The summed E-state index contributed by atoms with van der Waals surface area (Å²) >= 11 is 3.37. The van der Waals surface area contributed by atoms with Crippen molar-refractivity contribution in [3.05, 3.63) is 34.5 Å². The van der Waals surface area contributed by atoms with Gasteiger partial charge in [-0.15, -0.1) is 0 Å². The highest BCUT2D eigenvalue weighted by molar-refractivity contribution is 9.11. The molecule has 2 heteroatoms. The minimum atomic E-state index is 1.12. The molecule has 0 aromatic carbocycles. The summed E-state index contributed by atoms with van der Waals surface area (Å²) in [5.74, 6) is 0. The van der Waals surface area contributed by atoms with Crippen LogP contribution in [0.5, 0.6) is 0 Å². The number of rotatable bonds is 3. The summed E-state index contributed by atoms with van der Waals surface area (Å²) in [7, 11) is 0. The Hall–Kier alpha value is -0.630. The molecule has 0 fully saturated rings. The summed E-state index contributed by atoms with van der Waals surface area (Å²) in [6, 6.07) is 0. The second-order valence-electron chi connectivity index (χ2n) is 2.56. The Morgan fingerprint density at radius 3 is 2.25 bits per heavy atom. The summed E-state index contributed by atoms with van der Waals surface area (Å²) in [5.41, 5.74) is 2.35. The standard InChI is InChI=1S/C10H14BrN/c1-5-12-7-9(3)8(2)6-10(4)11/h5-7H,1H2,2-4H3/b9-8+,10-6+,12-7-. The number of aliphatic imine (C=N–C) groups is 1. The Morgan fingerprint density at radius 1 is 1.25 bits per heavy atom. The van der Waals surface area contributed by atoms with Gasteiger partial charge in [-0.25, -0.2) is 0 Å². The lowest BCUT2D eigenvalue weighted by Crippen LogP contribution is -1.82. The largest absolute Gasteiger partial charge is 0.265 e. The van der Waals surface area contributed by atoms with Gasteiger partial charge in [-0.3, -0.25) is 4.99 Å². The van der Waals surface area contributed by atoms with Gasteiger partial charge in [-0.05, 0) is 42.5 Å². The molecule has 0 aliphatic carbocycles. The van der Waals surface area contributed by atoms with Crippen molar-refractivity contribution < 1.29 is 0 Å². The maximum absolute atomic E-state index is 3.94. The molecular formula is C10H14BrN. The van der Waals surface area contributed by atoms with E-state index in [1.54, 1.807) is 6.21 Å². The first-order valence-electron chi connectivity index (χ1n) is 3.73. The predicted octanol–water partition coefficient (Wildman–Crippen LogP) is 3.84. The lowest BCUT2D eigenvalue weighted by Gasteiger charge is -1.96. The minimum Gasteiger partial charge on any atom is -0.265 e. The summed E-state index contributed by atoms with van der Waals surface area (Å²) in [4.78, 5) is 3.94. The first-order chi connectivity index (χ1) is 5.57. The summed E-state index contributed by atoms with van der Waals surface area (Å²) in [6.07, 6.45) is 5.39. The van der Waals surface area contributed by atoms with Crippen molar-refractivity contribution in [2.45, 2.75) is 20.8 Å². The van der Waals surface area contributed by atoms with Crippen molar-refractivity contribution >= 4 is 22.1 Å². The first kappa shape index (κ1) is 11.4. The van der Waals surface area contributed by atoms with Crippen LogP contribution in [0.15, 0.2) is 39.5 Å². The summed E-state index contributed by atoms with van der Waals surface area (Å²) in [5, 5.41) is 0. The molecule has 0 heterocycles. The second-order valence-corrected chi connectivity index (χ2v) is 3.81. The third-order valence-corrected chi connectivity index (χ3v) is 1.64. The lowest BCUT2D eigenvalue weighted by molar-refractivity contribution is 1.40. The van der Waals surface area contributed by atoms with Crippen LogP contribution < -0.4 is 0 Å². The fraction of sp³-hybridized carbons (Fsp3) is 0.300. The third kappa shape index (κ3) is 5.08. The van der Waals surface area contributed by atoms with E-state index in [4.69, 9.17) is 0 Å². The second kappa shape index (κ2) is 5.95. The molecule has 0 aromatic rings.